The van der Waals surface area contributed by atoms with Gasteiger partial charge >= 0.3 is 5.97 Å². The Morgan fingerprint density at radius 2 is 1.45 bits per heavy atom. The third kappa shape index (κ3) is 6.25. The number of ether oxygens (including phenoxy) is 2. The molecule has 0 atom stereocenters. The van der Waals surface area contributed by atoms with Gasteiger partial charge in [0.2, 0.25) is 0 Å². The van der Waals surface area contributed by atoms with Gasteiger partial charge in [0.1, 0.15) is 12.4 Å². The van der Waals surface area contributed by atoms with Gasteiger partial charge in [0, 0.05) is 5.56 Å². The summed E-state index contributed by atoms with van der Waals surface area (Å²) in [7, 11) is 0. The van der Waals surface area contributed by atoms with E-state index in [4.69, 9.17) is 14.6 Å². The quantitative estimate of drug-likeness (QED) is 0.352. The smallest absolute Gasteiger partial charge is 0.307 e. The normalized spacial score (nSPS) is 10.1. The maximum atomic E-state index is 10.9. The van der Waals surface area contributed by atoms with E-state index in [1.165, 1.54) is 5.56 Å². The van der Waals surface area contributed by atoms with Gasteiger partial charge in [0.05, 0.1) is 6.42 Å². The number of rotatable bonds is 7. The van der Waals surface area contributed by atoms with E-state index in [1.54, 1.807) is 30.3 Å². The van der Waals surface area contributed by atoms with Crippen LogP contribution in [0.15, 0.2) is 103 Å². The Morgan fingerprint density at radius 1 is 0.758 bits per heavy atom. The summed E-state index contributed by atoms with van der Waals surface area (Å²) in [6.45, 7) is 0.208. The summed E-state index contributed by atoms with van der Waals surface area (Å²) in [4.78, 5) is 10.9. The molecule has 1 N–H and O–H groups in total. The minimum atomic E-state index is -0.885. The summed E-state index contributed by atoms with van der Waals surface area (Å²) in [5.41, 5.74) is 3.90. The predicted molar refractivity (Wildman–Crippen MR) is 129 cm³/mol. The molecule has 0 aromatic heterocycles. The molecule has 4 aromatic rings. The van der Waals surface area contributed by atoms with Crippen molar-refractivity contribution in [1.82, 2.24) is 0 Å². The first-order valence-corrected chi connectivity index (χ1v) is 10.5. The fourth-order valence-electron chi connectivity index (χ4n) is 3.30. The highest BCUT2D eigenvalue weighted by Crippen LogP contribution is 2.31. The number of carboxylic acids is 1. The Morgan fingerprint density at radius 3 is 2.21 bits per heavy atom. The highest BCUT2D eigenvalue weighted by Gasteiger charge is 2.07. The lowest BCUT2D eigenvalue weighted by Crippen LogP contribution is -2.00. The number of aliphatic carboxylic acids is 1. The molecule has 0 radical (unpaired) electrons. The summed E-state index contributed by atoms with van der Waals surface area (Å²) >= 11 is 0. The average molecular weight is 434 g/mol. The zero-order chi connectivity index (χ0) is 22.9. The van der Waals surface area contributed by atoms with E-state index < -0.39 is 5.97 Å². The summed E-state index contributed by atoms with van der Waals surface area (Å²) in [5.74, 6) is 6.93. The van der Waals surface area contributed by atoms with Crippen molar-refractivity contribution < 1.29 is 19.4 Å². The third-order valence-corrected chi connectivity index (χ3v) is 4.86. The Balaban J connectivity index is 1.38. The minimum Gasteiger partial charge on any atom is -0.481 e. The Labute approximate surface area is 193 Å². The molecule has 0 unspecified atom stereocenters. The van der Waals surface area contributed by atoms with Crippen molar-refractivity contribution >= 4 is 5.97 Å². The van der Waals surface area contributed by atoms with Crippen LogP contribution >= 0.6 is 0 Å². The first-order chi connectivity index (χ1) is 16.2. The number of para-hydroxylation sites is 2. The molecule has 0 bridgehead atoms. The van der Waals surface area contributed by atoms with Crippen LogP contribution in [0.2, 0.25) is 0 Å². The second kappa shape index (κ2) is 10.7. The van der Waals surface area contributed by atoms with Gasteiger partial charge in [0.15, 0.2) is 11.5 Å². The molecular formula is C29H22O4. The SMILES string of the molecule is O=C(O)Cc1cccc(Oc2ccccc2OCC#Cc2ccc(-c3ccccc3)cc2)c1. The molecule has 0 heterocycles. The van der Waals surface area contributed by atoms with Crippen molar-refractivity contribution in [3.63, 3.8) is 0 Å². The zero-order valence-electron chi connectivity index (χ0n) is 17.9. The molecule has 4 aromatic carbocycles. The first kappa shape index (κ1) is 21.7. The van der Waals surface area contributed by atoms with Crippen LogP contribution < -0.4 is 9.47 Å². The second-order valence-corrected chi connectivity index (χ2v) is 7.30. The third-order valence-electron chi connectivity index (χ3n) is 4.86. The van der Waals surface area contributed by atoms with Crippen molar-refractivity contribution in [2.75, 3.05) is 6.61 Å². The molecule has 0 aliphatic heterocycles. The molecule has 0 amide bonds. The van der Waals surface area contributed by atoms with Crippen molar-refractivity contribution in [3.05, 3.63) is 114 Å². The molecule has 0 aliphatic rings. The fourth-order valence-corrected chi connectivity index (χ4v) is 3.30. The lowest BCUT2D eigenvalue weighted by molar-refractivity contribution is -0.136. The molecule has 4 heteroatoms. The van der Waals surface area contributed by atoms with Crippen molar-refractivity contribution in [2.24, 2.45) is 0 Å². The van der Waals surface area contributed by atoms with E-state index >= 15 is 0 Å². The summed E-state index contributed by atoms with van der Waals surface area (Å²) in [6, 6.07) is 32.7. The van der Waals surface area contributed by atoms with Gasteiger partial charge in [-0.25, -0.2) is 0 Å². The molecular weight excluding hydrogens is 412 g/mol. The Hall–Kier alpha value is -4.49. The molecule has 33 heavy (non-hydrogen) atoms. The lowest BCUT2D eigenvalue weighted by atomic mass is 10.0. The molecule has 162 valence electrons. The highest BCUT2D eigenvalue weighted by molar-refractivity contribution is 5.70. The van der Waals surface area contributed by atoms with Crippen LogP contribution in [-0.2, 0) is 11.2 Å². The van der Waals surface area contributed by atoms with Crippen LogP contribution in [-0.4, -0.2) is 17.7 Å². The molecule has 0 fully saturated rings. The van der Waals surface area contributed by atoms with Gasteiger partial charge in [-0.2, -0.15) is 0 Å². The summed E-state index contributed by atoms with van der Waals surface area (Å²) in [5, 5.41) is 8.99. The number of hydrogen-bond donors (Lipinski definition) is 1. The topological polar surface area (TPSA) is 55.8 Å². The maximum Gasteiger partial charge on any atom is 0.307 e. The van der Waals surface area contributed by atoms with Crippen LogP contribution in [0.1, 0.15) is 11.1 Å². The van der Waals surface area contributed by atoms with Gasteiger partial charge < -0.3 is 14.6 Å². The zero-order valence-corrected chi connectivity index (χ0v) is 17.9. The molecule has 4 rings (SSSR count). The van der Waals surface area contributed by atoms with Crippen LogP contribution in [0.3, 0.4) is 0 Å². The first-order valence-electron chi connectivity index (χ1n) is 10.5. The van der Waals surface area contributed by atoms with Crippen LogP contribution in [0.5, 0.6) is 17.2 Å². The number of carboxylic acid groups (broad SMARTS) is 1. The molecule has 0 saturated carbocycles. The molecule has 0 spiro atoms. The van der Waals surface area contributed by atoms with Crippen molar-refractivity contribution in [1.29, 1.82) is 0 Å². The number of hydrogen-bond acceptors (Lipinski definition) is 3. The van der Waals surface area contributed by atoms with Crippen LogP contribution in [0.25, 0.3) is 11.1 Å². The predicted octanol–water partition coefficient (Wildman–Crippen LogP) is 6.20. The van der Waals surface area contributed by atoms with E-state index in [9.17, 15) is 4.79 Å². The maximum absolute atomic E-state index is 10.9. The van der Waals surface area contributed by atoms with Crippen LogP contribution in [0.4, 0.5) is 0 Å². The van der Waals surface area contributed by atoms with Gasteiger partial charge in [0.25, 0.3) is 0 Å². The molecule has 4 nitrogen and oxygen atoms in total. The monoisotopic (exact) mass is 434 g/mol. The molecule has 0 aliphatic carbocycles. The largest absolute Gasteiger partial charge is 0.481 e. The van der Waals surface area contributed by atoms with Crippen LogP contribution in [0, 0.1) is 11.8 Å². The second-order valence-electron chi connectivity index (χ2n) is 7.30. The van der Waals surface area contributed by atoms with E-state index in [0.29, 0.717) is 22.8 Å². The Kier molecular flexibility index (Phi) is 7.05. The Bertz CT molecular complexity index is 1280. The minimum absolute atomic E-state index is 0.0583. The van der Waals surface area contributed by atoms with E-state index in [2.05, 4.69) is 36.1 Å². The standard InChI is InChI=1S/C29H22O4/c30-29(31)21-23-8-6-12-26(20-23)33-28-14-5-4-13-27(28)32-19-7-9-22-15-17-25(18-16-22)24-10-2-1-3-11-24/h1-6,8,10-18,20H,19,21H2,(H,30,31). The van der Waals surface area contributed by atoms with Gasteiger partial charge in [-0.3, -0.25) is 4.79 Å². The fraction of sp³-hybridized carbons (Fsp3) is 0.0690. The number of benzene rings is 4. The van der Waals surface area contributed by atoms with Gasteiger partial charge in [-0.1, -0.05) is 78.6 Å². The summed E-state index contributed by atoms with van der Waals surface area (Å²) in [6.07, 6.45) is -0.0583. The highest BCUT2D eigenvalue weighted by atomic mass is 16.5. The number of carbonyl (C=O) groups is 1. The van der Waals surface area contributed by atoms with E-state index in [1.807, 2.05) is 48.5 Å². The lowest BCUT2D eigenvalue weighted by Gasteiger charge is -2.11. The van der Waals surface area contributed by atoms with Gasteiger partial charge in [-0.15, -0.1) is 0 Å². The van der Waals surface area contributed by atoms with E-state index in [-0.39, 0.29) is 13.0 Å². The van der Waals surface area contributed by atoms with Crippen molar-refractivity contribution in [2.45, 2.75) is 6.42 Å². The summed E-state index contributed by atoms with van der Waals surface area (Å²) < 4.78 is 11.8. The van der Waals surface area contributed by atoms with Gasteiger partial charge in [-0.05, 0) is 53.1 Å². The van der Waals surface area contributed by atoms with Crippen molar-refractivity contribution in [3.8, 4) is 40.2 Å². The molecule has 0 saturated heterocycles. The van der Waals surface area contributed by atoms with E-state index in [0.717, 1.165) is 11.1 Å². The average Bonchev–Trinajstić information content (AvgIpc) is 2.83.